The van der Waals surface area contributed by atoms with Crippen LogP contribution in [0.4, 0.5) is 17.5 Å². The number of pyridine rings is 1. The average Bonchev–Trinajstić information content (AvgIpc) is 3.42. The summed E-state index contributed by atoms with van der Waals surface area (Å²) < 4.78 is 26.8. The number of piperazine rings is 1. The fourth-order valence-corrected chi connectivity index (χ4v) is 5.18. The number of hydrogen-bond donors (Lipinski definition) is 1. The lowest BCUT2D eigenvalue weighted by atomic mass is 10.3. The van der Waals surface area contributed by atoms with Gasteiger partial charge in [-0.05, 0) is 24.6 Å². The molecule has 4 aromatic rings. The predicted molar refractivity (Wildman–Crippen MR) is 125 cm³/mol. The zero-order valence-electron chi connectivity index (χ0n) is 17.6. The van der Waals surface area contributed by atoms with Gasteiger partial charge in [-0.3, -0.25) is 4.57 Å². The van der Waals surface area contributed by atoms with Gasteiger partial charge in [-0.2, -0.15) is 9.29 Å². The summed E-state index contributed by atoms with van der Waals surface area (Å²) in [5.74, 6) is 1.09. The molecule has 1 aliphatic rings. The summed E-state index contributed by atoms with van der Waals surface area (Å²) >= 11 is 1.55. The second-order valence-electron chi connectivity index (χ2n) is 7.60. The first-order valence-electron chi connectivity index (χ1n) is 10.1. The van der Waals surface area contributed by atoms with Gasteiger partial charge in [0.25, 0.3) is 0 Å². The molecule has 0 spiro atoms. The summed E-state index contributed by atoms with van der Waals surface area (Å²) in [6, 6.07) is 3.84. The first kappa shape index (κ1) is 20.8. The molecule has 0 amide bonds. The second-order valence-corrected chi connectivity index (χ2v) is 10.5. The number of nitrogens with zero attached hydrogens (tertiary/aromatic N) is 7. The van der Waals surface area contributed by atoms with Crippen molar-refractivity contribution in [1.82, 2.24) is 28.8 Å². The van der Waals surface area contributed by atoms with E-state index in [2.05, 4.69) is 30.2 Å². The summed E-state index contributed by atoms with van der Waals surface area (Å²) in [6.07, 6.45) is 8.62. The first-order chi connectivity index (χ1) is 15.4. The van der Waals surface area contributed by atoms with E-state index in [0.29, 0.717) is 37.9 Å². The van der Waals surface area contributed by atoms with Crippen LogP contribution in [0.15, 0.2) is 42.3 Å². The summed E-state index contributed by atoms with van der Waals surface area (Å²) in [5, 5.41) is 6.93. The van der Waals surface area contributed by atoms with Crippen LogP contribution in [-0.2, 0) is 10.0 Å². The molecular formula is C20H22N8O2S2. The fourth-order valence-electron chi connectivity index (χ4n) is 3.74. The molecular weight excluding hydrogens is 448 g/mol. The summed E-state index contributed by atoms with van der Waals surface area (Å²) in [4.78, 5) is 20.1. The molecule has 5 rings (SSSR count). The Morgan fingerprint density at radius 1 is 1.06 bits per heavy atom. The van der Waals surface area contributed by atoms with E-state index >= 15 is 0 Å². The Morgan fingerprint density at radius 3 is 2.53 bits per heavy atom. The molecule has 1 N–H and O–H groups in total. The van der Waals surface area contributed by atoms with E-state index in [0.717, 1.165) is 27.4 Å². The molecule has 0 saturated carbocycles. The molecule has 5 heterocycles. The van der Waals surface area contributed by atoms with Crippen LogP contribution >= 0.6 is 11.3 Å². The SMILES string of the molecule is Cc1cn(-c2nccs2)c2nc(Nc3ccc(N4CCN(S(C)(=O)=O)CC4)cn3)ncc12. The molecule has 1 fully saturated rings. The largest absolute Gasteiger partial charge is 0.368 e. The third-order valence-electron chi connectivity index (χ3n) is 5.43. The molecule has 0 aromatic carbocycles. The van der Waals surface area contributed by atoms with E-state index < -0.39 is 10.0 Å². The monoisotopic (exact) mass is 470 g/mol. The van der Waals surface area contributed by atoms with Gasteiger partial charge in [0, 0.05) is 55.5 Å². The van der Waals surface area contributed by atoms with Crippen LogP contribution in [0.5, 0.6) is 0 Å². The van der Waals surface area contributed by atoms with Gasteiger partial charge in [0.05, 0.1) is 18.1 Å². The van der Waals surface area contributed by atoms with E-state index in [4.69, 9.17) is 0 Å². The van der Waals surface area contributed by atoms with Gasteiger partial charge >= 0.3 is 0 Å². The smallest absolute Gasteiger partial charge is 0.230 e. The minimum absolute atomic E-state index is 0.454. The van der Waals surface area contributed by atoms with Crippen molar-refractivity contribution in [2.45, 2.75) is 6.92 Å². The molecule has 0 radical (unpaired) electrons. The standard InChI is InChI=1S/C20H22N8O2S2/c1-14-13-28(20-21-5-10-31-20)18-16(14)12-23-19(25-18)24-17-4-3-15(11-22-17)26-6-8-27(9-7-26)32(2,29)30/h3-5,10-13H,6-9H2,1-2H3,(H,22,23,24,25). The number of sulfonamides is 1. The van der Waals surface area contributed by atoms with Crippen LogP contribution in [0.3, 0.4) is 0 Å². The van der Waals surface area contributed by atoms with Crippen LogP contribution in [-0.4, -0.2) is 69.7 Å². The van der Waals surface area contributed by atoms with Gasteiger partial charge in [0.15, 0.2) is 10.8 Å². The highest BCUT2D eigenvalue weighted by Gasteiger charge is 2.23. The van der Waals surface area contributed by atoms with Gasteiger partial charge in [0.1, 0.15) is 5.82 Å². The minimum atomic E-state index is -3.14. The van der Waals surface area contributed by atoms with Gasteiger partial charge in [-0.1, -0.05) is 0 Å². The lowest BCUT2D eigenvalue weighted by Gasteiger charge is -2.34. The minimum Gasteiger partial charge on any atom is -0.368 e. The van der Waals surface area contributed by atoms with Crippen LogP contribution in [0.1, 0.15) is 5.56 Å². The van der Waals surface area contributed by atoms with Crippen molar-refractivity contribution in [3.63, 3.8) is 0 Å². The highest BCUT2D eigenvalue weighted by atomic mass is 32.2. The molecule has 1 saturated heterocycles. The molecule has 32 heavy (non-hydrogen) atoms. The molecule has 10 nitrogen and oxygen atoms in total. The van der Waals surface area contributed by atoms with E-state index in [1.54, 1.807) is 29.9 Å². The lowest BCUT2D eigenvalue weighted by molar-refractivity contribution is 0.388. The Labute approximate surface area is 189 Å². The average molecular weight is 471 g/mol. The molecule has 0 aliphatic carbocycles. The van der Waals surface area contributed by atoms with E-state index in [9.17, 15) is 8.42 Å². The predicted octanol–water partition coefficient (Wildman–Crippen LogP) is 2.41. The summed E-state index contributed by atoms with van der Waals surface area (Å²) in [6.45, 7) is 4.25. The Hall–Kier alpha value is -3.09. The summed E-state index contributed by atoms with van der Waals surface area (Å²) in [7, 11) is -3.14. The van der Waals surface area contributed by atoms with Crippen LogP contribution in [0.25, 0.3) is 16.2 Å². The maximum absolute atomic E-state index is 11.7. The normalized spacial score (nSPS) is 15.4. The van der Waals surface area contributed by atoms with E-state index in [1.165, 1.54) is 10.6 Å². The molecule has 4 aromatic heterocycles. The third-order valence-corrected chi connectivity index (χ3v) is 7.50. The number of hydrogen-bond acceptors (Lipinski definition) is 9. The van der Waals surface area contributed by atoms with Crippen molar-refractivity contribution in [3.8, 4) is 5.13 Å². The number of aryl methyl sites for hydroxylation is 1. The van der Waals surface area contributed by atoms with E-state index in [-0.39, 0.29) is 0 Å². The molecule has 0 atom stereocenters. The number of nitrogens with one attached hydrogen (secondary N) is 1. The molecule has 12 heteroatoms. The number of anilines is 3. The third kappa shape index (κ3) is 4.04. The van der Waals surface area contributed by atoms with Crippen molar-refractivity contribution in [2.24, 2.45) is 0 Å². The quantitative estimate of drug-likeness (QED) is 0.474. The molecule has 1 aliphatic heterocycles. The van der Waals surface area contributed by atoms with Crippen LogP contribution in [0.2, 0.25) is 0 Å². The number of fused-ring (bicyclic) bond motifs is 1. The molecule has 0 bridgehead atoms. The molecule has 0 unspecified atom stereocenters. The topological polar surface area (TPSA) is 109 Å². The maximum atomic E-state index is 11.7. The first-order valence-corrected chi connectivity index (χ1v) is 12.8. The van der Waals surface area contributed by atoms with Gasteiger partial charge < -0.3 is 10.2 Å². The highest BCUT2D eigenvalue weighted by molar-refractivity contribution is 7.88. The second kappa shape index (κ2) is 8.11. The van der Waals surface area contributed by atoms with Crippen molar-refractivity contribution >= 4 is 49.8 Å². The number of rotatable bonds is 5. The zero-order valence-corrected chi connectivity index (χ0v) is 19.3. The van der Waals surface area contributed by atoms with Crippen molar-refractivity contribution in [1.29, 1.82) is 0 Å². The van der Waals surface area contributed by atoms with Gasteiger partial charge in [0.2, 0.25) is 16.0 Å². The Kier molecular flexibility index (Phi) is 5.27. The Bertz CT molecular complexity index is 1340. The van der Waals surface area contributed by atoms with Gasteiger partial charge in [-0.25, -0.2) is 23.4 Å². The van der Waals surface area contributed by atoms with Gasteiger partial charge in [-0.15, -0.1) is 11.3 Å². The lowest BCUT2D eigenvalue weighted by Crippen LogP contribution is -2.48. The summed E-state index contributed by atoms with van der Waals surface area (Å²) in [5.41, 5.74) is 2.82. The number of thiazole rings is 1. The fraction of sp³-hybridized carbons (Fsp3) is 0.300. The Morgan fingerprint density at radius 2 is 1.88 bits per heavy atom. The number of aromatic nitrogens is 5. The zero-order chi connectivity index (χ0) is 22.3. The Balaban J connectivity index is 1.32. The maximum Gasteiger partial charge on any atom is 0.230 e. The highest BCUT2D eigenvalue weighted by Crippen LogP contribution is 2.25. The van der Waals surface area contributed by atoms with Crippen molar-refractivity contribution < 1.29 is 8.42 Å². The van der Waals surface area contributed by atoms with Crippen LogP contribution in [0, 0.1) is 6.92 Å². The molecule has 166 valence electrons. The van der Waals surface area contributed by atoms with Crippen molar-refractivity contribution in [2.75, 3.05) is 42.7 Å². The van der Waals surface area contributed by atoms with E-state index in [1.807, 2.05) is 35.2 Å². The van der Waals surface area contributed by atoms with Crippen LogP contribution < -0.4 is 10.2 Å². The van der Waals surface area contributed by atoms with Crippen molar-refractivity contribution in [3.05, 3.63) is 47.9 Å².